The first-order valence-electron chi connectivity index (χ1n) is 10.3. The van der Waals surface area contributed by atoms with Gasteiger partial charge in [0, 0.05) is 35.6 Å². The zero-order chi connectivity index (χ0) is 24.0. The zero-order valence-electron chi connectivity index (χ0n) is 18.1. The summed E-state index contributed by atoms with van der Waals surface area (Å²) in [6.45, 7) is 3.81. The number of H-pyrrole nitrogens is 1. The summed E-state index contributed by atoms with van der Waals surface area (Å²) >= 11 is 0. The number of alkyl halides is 3. The van der Waals surface area contributed by atoms with Crippen LogP contribution in [0.15, 0.2) is 47.5 Å². The summed E-state index contributed by atoms with van der Waals surface area (Å²) < 4.78 is 44.8. The molecule has 0 atom stereocenters. The number of halogens is 3. The van der Waals surface area contributed by atoms with Gasteiger partial charge < -0.3 is 15.0 Å². The summed E-state index contributed by atoms with van der Waals surface area (Å²) in [5, 5.41) is 2.47. The fourth-order valence-corrected chi connectivity index (χ4v) is 3.14. The maximum absolute atomic E-state index is 13.1. The van der Waals surface area contributed by atoms with Crippen LogP contribution in [0.4, 0.5) is 18.9 Å². The van der Waals surface area contributed by atoms with Gasteiger partial charge in [-0.1, -0.05) is 6.92 Å². The number of amides is 1. The number of hydrogen-bond acceptors (Lipinski definition) is 5. The third kappa shape index (κ3) is 6.18. The van der Waals surface area contributed by atoms with Gasteiger partial charge in [0.15, 0.2) is 0 Å². The smallest absolute Gasteiger partial charge is 0.416 e. The van der Waals surface area contributed by atoms with Crippen LogP contribution >= 0.6 is 0 Å². The number of nitrogens with one attached hydrogen (secondary N) is 2. The van der Waals surface area contributed by atoms with E-state index in [-0.39, 0.29) is 36.4 Å². The van der Waals surface area contributed by atoms with E-state index in [1.807, 2.05) is 6.92 Å². The standard InChI is InChI=1S/C23H23F3N4O3/c1-3-12-33-19-6-4-16(23(24,25)26)13-18(19)29-20(31)7-5-17-14(2)28-21(30-22(17)32)15-8-10-27-11-9-15/h4,6,8-11,13H,3,5,7,12H2,1-2H3,(H,29,31)(H,28,30,32). The molecule has 0 spiro atoms. The molecule has 33 heavy (non-hydrogen) atoms. The molecule has 10 heteroatoms. The number of pyridine rings is 1. The maximum atomic E-state index is 13.1. The van der Waals surface area contributed by atoms with Gasteiger partial charge in [0.2, 0.25) is 5.91 Å². The minimum absolute atomic E-state index is 0.0694. The van der Waals surface area contributed by atoms with Crippen LogP contribution in [0.5, 0.6) is 5.75 Å². The predicted octanol–water partition coefficient (Wildman–Crippen LogP) is 4.52. The van der Waals surface area contributed by atoms with Crippen LogP contribution < -0.4 is 15.6 Å². The van der Waals surface area contributed by atoms with Crippen LogP contribution in [0, 0.1) is 6.92 Å². The van der Waals surface area contributed by atoms with Crippen molar-refractivity contribution in [3.05, 3.63) is 69.9 Å². The number of aromatic nitrogens is 3. The Morgan fingerprint density at radius 2 is 1.91 bits per heavy atom. The highest BCUT2D eigenvalue weighted by molar-refractivity contribution is 5.92. The first-order chi connectivity index (χ1) is 15.7. The highest BCUT2D eigenvalue weighted by atomic mass is 19.4. The first-order valence-corrected chi connectivity index (χ1v) is 10.3. The summed E-state index contributed by atoms with van der Waals surface area (Å²) in [7, 11) is 0. The third-order valence-electron chi connectivity index (χ3n) is 4.82. The van der Waals surface area contributed by atoms with Crippen molar-refractivity contribution < 1.29 is 22.7 Å². The van der Waals surface area contributed by atoms with Crippen LogP contribution in [0.3, 0.4) is 0 Å². The normalized spacial score (nSPS) is 11.3. The summed E-state index contributed by atoms with van der Waals surface area (Å²) in [5.74, 6) is -0.0157. The number of hydrogen-bond donors (Lipinski definition) is 2. The van der Waals surface area contributed by atoms with E-state index in [0.717, 1.165) is 12.1 Å². The molecule has 3 rings (SSSR count). The Labute approximate surface area is 188 Å². The van der Waals surface area contributed by atoms with E-state index in [1.54, 1.807) is 31.5 Å². The second-order valence-corrected chi connectivity index (χ2v) is 7.32. The Balaban J connectivity index is 1.74. The lowest BCUT2D eigenvalue weighted by Crippen LogP contribution is -2.20. The van der Waals surface area contributed by atoms with Gasteiger partial charge in [-0.15, -0.1) is 0 Å². The Hall–Kier alpha value is -3.69. The Kier molecular flexibility index (Phi) is 7.47. The lowest BCUT2D eigenvalue weighted by molar-refractivity contribution is -0.137. The third-order valence-corrected chi connectivity index (χ3v) is 4.82. The largest absolute Gasteiger partial charge is 0.491 e. The topological polar surface area (TPSA) is 97.0 Å². The second-order valence-electron chi connectivity index (χ2n) is 7.32. The number of aryl methyl sites for hydroxylation is 1. The van der Waals surface area contributed by atoms with E-state index in [0.29, 0.717) is 29.1 Å². The summed E-state index contributed by atoms with van der Waals surface area (Å²) in [4.78, 5) is 36.0. The number of benzene rings is 1. The van der Waals surface area contributed by atoms with Crippen molar-refractivity contribution in [2.75, 3.05) is 11.9 Å². The average molecular weight is 460 g/mol. The van der Waals surface area contributed by atoms with Gasteiger partial charge >= 0.3 is 6.18 Å². The minimum atomic E-state index is -4.56. The number of nitrogens with zero attached hydrogens (tertiary/aromatic N) is 2. The number of aromatic amines is 1. The molecule has 0 aliphatic carbocycles. The predicted molar refractivity (Wildman–Crippen MR) is 117 cm³/mol. The molecular weight excluding hydrogens is 437 g/mol. The molecule has 1 amide bonds. The number of rotatable bonds is 8. The van der Waals surface area contributed by atoms with Gasteiger partial charge in [-0.2, -0.15) is 13.2 Å². The van der Waals surface area contributed by atoms with Crippen molar-refractivity contribution in [3.8, 4) is 17.1 Å². The zero-order valence-corrected chi connectivity index (χ0v) is 18.1. The van der Waals surface area contributed by atoms with Crippen LogP contribution in [0.1, 0.15) is 36.6 Å². The molecule has 0 saturated heterocycles. The van der Waals surface area contributed by atoms with Gasteiger partial charge in [-0.05, 0) is 50.1 Å². The van der Waals surface area contributed by atoms with E-state index in [1.165, 1.54) is 6.07 Å². The monoisotopic (exact) mass is 460 g/mol. The van der Waals surface area contributed by atoms with Gasteiger partial charge in [0.25, 0.3) is 5.56 Å². The van der Waals surface area contributed by atoms with Crippen LogP contribution in [-0.2, 0) is 17.4 Å². The molecule has 0 aliphatic rings. The molecule has 2 N–H and O–H groups in total. The molecule has 0 saturated carbocycles. The van der Waals surface area contributed by atoms with E-state index >= 15 is 0 Å². The number of anilines is 1. The van der Waals surface area contributed by atoms with Crippen molar-refractivity contribution in [2.45, 2.75) is 39.3 Å². The highest BCUT2D eigenvalue weighted by Crippen LogP contribution is 2.35. The molecule has 0 radical (unpaired) electrons. The number of carbonyl (C=O) groups excluding carboxylic acids is 1. The first kappa shape index (κ1) is 24.0. The van der Waals surface area contributed by atoms with Crippen molar-refractivity contribution >= 4 is 11.6 Å². The second kappa shape index (κ2) is 10.3. The summed E-state index contributed by atoms with van der Waals surface area (Å²) in [6.07, 6.45) is -0.802. The van der Waals surface area contributed by atoms with Crippen LogP contribution in [-0.4, -0.2) is 27.5 Å². The quantitative estimate of drug-likeness (QED) is 0.515. The molecule has 7 nitrogen and oxygen atoms in total. The van der Waals surface area contributed by atoms with Crippen molar-refractivity contribution in [2.24, 2.45) is 0 Å². The molecule has 0 fully saturated rings. The average Bonchev–Trinajstić information content (AvgIpc) is 2.77. The van der Waals surface area contributed by atoms with E-state index in [9.17, 15) is 22.8 Å². The lowest BCUT2D eigenvalue weighted by atomic mass is 10.1. The highest BCUT2D eigenvalue weighted by Gasteiger charge is 2.31. The number of ether oxygens (including phenoxy) is 1. The molecule has 0 aliphatic heterocycles. The maximum Gasteiger partial charge on any atom is 0.416 e. The Morgan fingerprint density at radius 3 is 2.55 bits per heavy atom. The van der Waals surface area contributed by atoms with Crippen LogP contribution in [0.2, 0.25) is 0 Å². The molecular formula is C23H23F3N4O3. The molecule has 1 aromatic carbocycles. The van der Waals surface area contributed by atoms with E-state index in [4.69, 9.17) is 4.74 Å². The van der Waals surface area contributed by atoms with E-state index < -0.39 is 17.6 Å². The minimum Gasteiger partial charge on any atom is -0.491 e. The Bertz CT molecular complexity index is 1180. The van der Waals surface area contributed by atoms with Gasteiger partial charge in [-0.3, -0.25) is 14.6 Å². The SMILES string of the molecule is CCCOc1ccc(C(F)(F)F)cc1NC(=O)CCc1c(C)nc(-c2ccncc2)[nH]c1=O. The molecule has 0 unspecified atom stereocenters. The molecule has 0 bridgehead atoms. The fourth-order valence-electron chi connectivity index (χ4n) is 3.14. The number of carbonyl (C=O) groups is 1. The van der Waals surface area contributed by atoms with Gasteiger partial charge in [0.1, 0.15) is 11.6 Å². The lowest BCUT2D eigenvalue weighted by Gasteiger charge is -2.15. The molecule has 2 aromatic heterocycles. The summed E-state index contributed by atoms with van der Waals surface area (Å²) in [6, 6.07) is 6.34. The van der Waals surface area contributed by atoms with Gasteiger partial charge in [0.05, 0.1) is 17.9 Å². The molecule has 2 heterocycles. The van der Waals surface area contributed by atoms with Gasteiger partial charge in [-0.25, -0.2) is 4.98 Å². The molecule has 3 aromatic rings. The Morgan fingerprint density at radius 1 is 1.18 bits per heavy atom. The van der Waals surface area contributed by atoms with Crippen molar-refractivity contribution in [1.29, 1.82) is 0 Å². The van der Waals surface area contributed by atoms with Crippen molar-refractivity contribution in [1.82, 2.24) is 15.0 Å². The fraction of sp³-hybridized carbons (Fsp3) is 0.304. The van der Waals surface area contributed by atoms with Crippen molar-refractivity contribution in [3.63, 3.8) is 0 Å². The van der Waals surface area contributed by atoms with Crippen LogP contribution in [0.25, 0.3) is 11.4 Å². The summed E-state index contributed by atoms with van der Waals surface area (Å²) in [5.41, 5.74) is 0.135. The van der Waals surface area contributed by atoms with E-state index in [2.05, 4.69) is 20.3 Å². The molecule has 174 valence electrons.